The fourth-order valence-corrected chi connectivity index (χ4v) is 4.91. The summed E-state index contributed by atoms with van der Waals surface area (Å²) in [4.78, 5) is 25.7. The number of rotatable bonds is 1. The highest BCUT2D eigenvalue weighted by molar-refractivity contribution is 6.17. The van der Waals surface area contributed by atoms with Crippen LogP contribution in [0.4, 0.5) is 0 Å². The summed E-state index contributed by atoms with van der Waals surface area (Å²) in [6, 6.07) is 16.5. The van der Waals surface area contributed by atoms with Crippen LogP contribution in [-0.2, 0) is 15.0 Å². The third-order valence-electron chi connectivity index (χ3n) is 6.02. The Bertz CT molecular complexity index is 1480. The van der Waals surface area contributed by atoms with Gasteiger partial charge in [0, 0.05) is 17.5 Å². The number of esters is 1. The third-order valence-corrected chi connectivity index (χ3v) is 6.02. The van der Waals surface area contributed by atoms with Gasteiger partial charge in [-0.25, -0.2) is 0 Å². The van der Waals surface area contributed by atoms with Gasteiger partial charge >= 0.3 is 5.97 Å². The first kappa shape index (κ1) is 17.6. The third kappa shape index (κ3) is 2.07. The molecule has 0 aliphatic heterocycles. The van der Waals surface area contributed by atoms with Crippen LogP contribution in [0.2, 0.25) is 0 Å². The van der Waals surface area contributed by atoms with Crippen molar-refractivity contribution in [2.24, 2.45) is 0 Å². The lowest BCUT2D eigenvalue weighted by molar-refractivity contribution is -0.793. The highest BCUT2D eigenvalue weighted by atomic mass is 16.8. The number of carbonyl (C=O) groups excluding carboxylic acids is 2. The topological polar surface area (TPSA) is 96.3 Å². The summed E-state index contributed by atoms with van der Waals surface area (Å²) in [6.45, 7) is 1.29. The van der Waals surface area contributed by atoms with Gasteiger partial charge in [0.2, 0.25) is 11.4 Å². The Hall–Kier alpha value is -4.26. The van der Waals surface area contributed by atoms with Crippen LogP contribution in [0, 0.1) is 5.21 Å². The molecular weight excluding hydrogens is 396 g/mol. The molecule has 1 atom stereocenters. The zero-order valence-electron chi connectivity index (χ0n) is 16.3. The van der Waals surface area contributed by atoms with E-state index in [9.17, 15) is 14.8 Å². The van der Waals surface area contributed by atoms with Gasteiger partial charge in [0.05, 0.1) is 5.56 Å². The van der Waals surface area contributed by atoms with Crippen molar-refractivity contribution in [2.45, 2.75) is 12.3 Å². The van der Waals surface area contributed by atoms with Crippen LogP contribution in [0.5, 0.6) is 5.75 Å². The number of nitrogens with zero attached hydrogens (tertiary/aromatic N) is 2. The van der Waals surface area contributed by atoms with E-state index in [1.807, 2.05) is 42.5 Å². The molecule has 4 aromatic rings. The average molecular weight is 410 g/mol. The molecular formula is C24H14N2O5. The molecule has 2 aliphatic carbocycles. The summed E-state index contributed by atoms with van der Waals surface area (Å²) in [5.41, 5.74) is 1.53. The van der Waals surface area contributed by atoms with Crippen LogP contribution in [0.15, 0.2) is 65.3 Å². The average Bonchev–Trinajstić information content (AvgIpc) is 3.15. The number of hydrogen-bond acceptors (Lipinski definition) is 6. The van der Waals surface area contributed by atoms with E-state index in [1.165, 1.54) is 13.0 Å². The summed E-state index contributed by atoms with van der Waals surface area (Å²) in [5.74, 6) is -0.535. The molecule has 0 bridgehead atoms. The van der Waals surface area contributed by atoms with Crippen molar-refractivity contribution in [2.75, 3.05) is 0 Å². The molecule has 7 nitrogen and oxygen atoms in total. The minimum Gasteiger partial charge on any atom is -0.426 e. The lowest BCUT2D eigenvalue weighted by Crippen LogP contribution is -2.43. The number of aromatic nitrogens is 2. The number of hydrogen-bond donors (Lipinski definition) is 0. The fraction of sp³-hybridized carbons (Fsp3) is 0.0833. The summed E-state index contributed by atoms with van der Waals surface area (Å²) in [7, 11) is 0. The van der Waals surface area contributed by atoms with Gasteiger partial charge in [-0.1, -0.05) is 54.6 Å². The normalized spacial score (nSPS) is 18.2. The Morgan fingerprint density at radius 3 is 2.71 bits per heavy atom. The molecule has 6 rings (SSSR count). The zero-order valence-corrected chi connectivity index (χ0v) is 16.3. The zero-order chi connectivity index (χ0) is 21.3. The molecule has 0 fully saturated rings. The first-order valence-corrected chi connectivity index (χ1v) is 9.70. The van der Waals surface area contributed by atoms with E-state index in [1.54, 1.807) is 18.2 Å². The summed E-state index contributed by atoms with van der Waals surface area (Å²) < 4.78 is 10.5. The Morgan fingerprint density at radius 2 is 1.87 bits per heavy atom. The van der Waals surface area contributed by atoms with Crippen LogP contribution in [0.3, 0.4) is 0 Å². The second kappa shape index (κ2) is 5.89. The highest BCUT2D eigenvalue weighted by Gasteiger charge is 2.57. The minimum atomic E-state index is -1.35. The molecule has 1 unspecified atom stereocenters. The summed E-state index contributed by atoms with van der Waals surface area (Å²) in [6.07, 6.45) is 3.27. The predicted octanol–water partition coefficient (Wildman–Crippen LogP) is 3.30. The van der Waals surface area contributed by atoms with Crippen LogP contribution in [-0.4, -0.2) is 16.9 Å². The molecule has 31 heavy (non-hydrogen) atoms. The smallest absolute Gasteiger partial charge is 0.308 e. The standard InChI is InChI=1S/C24H14N2O5/c1-13(27)30-18-11-9-15-6-4-8-17-20(15)21(18)22-23(25-31-26(22)29)24(17)16-7-3-2-5-14(16)10-12-19(24)28/h2-12H,1H3. The lowest BCUT2D eigenvalue weighted by atomic mass is 9.61. The van der Waals surface area contributed by atoms with Gasteiger partial charge in [0.25, 0.3) is 0 Å². The first-order chi connectivity index (χ1) is 15.0. The number of allylic oxidation sites excluding steroid dienone is 1. The van der Waals surface area contributed by atoms with Crippen molar-refractivity contribution < 1.29 is 23.9 Å². The maximum absolute atomic E-state index is 13.7. The summed E-state index contributed by atoms with van der Waals surface area (Å²) >= 11 is 0. The maximum atomic E-state index is 13.7. The Morgan fingerprint density at radius 1 is 1.06 bits per heavy atom. The SMILES string of the molecule is CC(=O)Oc1ccc2cccc3c2c1-c1c(no[n+]1[O-])C31C(=O)C=Cc2ccccc21. The number of carbonyl (C=O) groups is 2. The Kier molecular flexibility index (Phi) is 3.34. The van der Waals surface area contributed by atoms with Gasteiger partial charge in [-0.2, -0.15) is 0 Å². The van der Waals surface area contributed by atoms with Crippen molar-refractivity contribution in [3.63, 3.8) is 0 Å². The molecule has 0 saturated carbocycles. The van der Waals surface area contributed by atoms with E-state index in [2.05, 4.69) is 5.16 Å². The molecule has 0 saturated heterocycles. The second-order valence-electron chi connectivity index (χ2n) is 7.60. The van der Waals surface area contributed by atoms with Gasteiger partial charge < -0.3 is 9.94 Å². The van der Waals surface area contributed by atoms with Crippen LogP contribution in [0.25, 0.3) is 28.1 Å². The van der Waals surface area contributed by atoms with Gasteiger partial charge in [0.15, 0.2) is 11.2 Å². The predicted molar refractivity (Wildman–Crippen MR) is 110 cm³/mol. The highest BCUT2D eigenvalue weighted by Crippen LogP contribution is 2.55. The van der Waals surface area contributed by atoms with Crippen molar-refractivity contribution in [3.05, 3.63) is 88.3 Å². The van der Waals surface area contributed by atoms with E-state index in [0.29, 0.717) is 22.1 Å². The molecule has 1 aromatic heterocycles. The molecule has 7 heteroatoms. The van der Waals surface area contributed by atoms with Crippen molar-refractivity contribution >= 4 is 28.6 Å². The van der Waals surface area contributed by atoms with E-state index < -0.39 is 11.4 Å². The monoisotopic (exact) mass is 410 g/mol. The van der Waals surface area contributed by atoms with Crippen molar-refractivity contribution in [1.82, 2.24) is 5.16 Å². The van der Waals surface area contributed by atoms with Crippen LogP contribution < -0.4 is 9.64 Å². The summed E-state index contributed by atoms with van der Waals surface area (Å²) in [5, 5.41) is 18.3. The molecule has 0 N–H and O–H groups in total. The fourth-order valence-electron chi connectivity index (χ4n) is 4.91. The van der Waals surface area contributed by atoms with Gasteiger partial charge in [-0.05, 0) is 39.1 Å². The first-order valence-electron chi connectivity index (χ1n) is 9.70. The van der Waals surface area contributed by atoms with Crippen LogP contribution in [0.1, 0.15) is 29.3 Å². The maximum Gasteiger partial charge on any atom is 0.308 e. The van der Waals surface area contributed by atoms with E-state index in [0.717, 1.165) is 10.9 Å². The van der Waals surface area contributed by atoms with E-state index in [4.69, 9.17) is 9.37 Å². The molecule has 150 valence electrons. The lowest BCUT2D eigenvalue weighted by Gasteiger charge is -2.36. The van der Waals surface area contributed by atoms with Crippen molar-refractivity contribution in [1.29, 1.82) is 0 Å². The van der Waals surface area contributed by atoms with E-state index >= 15 is 0 Å². The Labute approximate surface area is 175 Å². The molecule has 0 amide bonds. The quantitative estimate of drug-likeness (QED) is 0.271. The molecule has 3 aromatic carbocycles. The Balaban J connectivity index is 1.87. The molecule has 1 heterocycles. The number of fused-ring (bicyclic) bond motifs is 6. The molecule has 0 radical (unpaired) electrons. The number of benzene rings is 3. The van der Waals surface area contributed by atoms with Gasteiger partial charge in [-0.3, -0.25) is 14.2 Å². The number of ketones is 1. The molecule has 1 spiro atoms. The second-order valence-corrected chi connectivity index (χ2v) is 7.60. The number of ether oxygens (including phenoxy) is 1. The van der Waals surface area contributed by atoms with Crippen LogP contribution >= 0.6 is 0 Å². The van der Waals surface area contributed by atoms with E-state index in [-0.39, 0.29) is 27.8 Å². The largest absolute Gasteiger partial charge is 0.426 e. The molecule has 2 aliphatic rings. The van der Waals surface area contributed by atoms with Gasteiger partial charge in [-0.15, -0.1) is 0 Å². The minimum absolute atomic E-state index is 0.0685. The van der Waals surface area contributed by atoms with Crippen molar-refractivity contribution in [3.8, 4) is 17.0 Å². The van der Waals surface area contributed by atoms with Gasteiger partial charge in [0.1, 0.15) is 5.75 Å².